The smallest absolute Gasteiger partial charge is 0.293 e. The summed E-state index contributed by atoms with van der Waals surface area (Å²) < 4.78 is 13.7. The van der Waals surface area contributed by atoms with E-state index in [9.17, 15) is 14.5 Å². The van der Waals surface area contributed by atoms with Crippen LogP contribution in [0.15, 0.2) is 24.3 Å². The molecule has 1 aliphatic rings. The van der Waals surface area contributed by atoms with Gasteiger partial charge in [0.1, 0.15) is 11.5 Å². The van der Waals surface area contributed by atoms with Crippen LogP contribution in [0.25, 0.3) is 0 Å². The Kier molecular flexibility index (Phi) is 3.60. The van der Waals surface area contributed by atoms with Gasteiger partial charge in [0.2, 0.25) is 0 Å². The summed E-state index contributed by atoms with van der Waals surface area (Å²) in [5.74, 6) is -0.440. The quantitative estimate of drug-likeness (QED) is 0.394. The fraction of sp³-hybridized carbons (Fsp3) is 0.273. The first-order valence-electron chi connectivity index (χ1n) is 5.13. The van der Waals surface area contributed by atoms with Gasteiger partial charge in [0.05, 0.1) is 8.49 Å². The van der Waals surface area contributed by atoms with Crippen LogP contribution >= 0.6 is 22.6 Å². The van der Waals surface area contributed by atoms with Crippen LogP contribution in [0.1, 0.15) is 12.8 Å². The van der Waals surface area contributed by atoms with Crippen molar-refractivity contribution in [3.05, 3.63) is 43.8 Å². The van der Waals surface area contributed by atoms with Crippen molar-refractivity contribution in [1.82, 2.24) is 0 Å². The van der Waals surface area contributed by atoms with Crippen molar-refractivity contribution in [2.24, 2.45) is 0 Å². The lowest BCUT2D eigenvalue weighted by molar-refractivity contribution is -0.384. The van der Waals surface area contributed by atoms with Gasteiger partial charge in [-0.3, -0.25) is 10.1 Å². The van der Waals surface area contributed by atoms with Gasteiger partial charge < -0.3 is 5.32 Å². The van der Waals surface area contributed by atoms with Crippen LogP contribution in [0.4, 0.5) is 15.8 Å². The molecule has 0 radical (unpaired) electrons. The Morgan fingerprint density at radius 1 is 1.41 bits per heavy atom. The van der Waals surface area contributed by atoms with E-state index in [1.807, 2.05) is 12.2 Å². The highest BCUT2D eigenvalue weighted by Crippen LogP contribution is 2.30. The number of rotatable bonds is 3. The molecular formula is C11H10FIN2O2. The van der Waals surface area contributed by atoms with Crippen LogP contribution < -0.4 is 5.32 Å². The maximum atomic E-state index is 13.4. The van der Waals surface area contributed by atoms with E-state index in [1.165, 1.54) is 12.1 Å². The second-order valence-electron chi connectivity index (χ2n) is 3.82. The van der Waals surface area contributed by atoms with Gasteiger partial charge in [0.25, 0.3) is 5.69 Å². The summed E-state index contributed by atoms with van der Waals surface area (Å²) in [4.78, 5) is 10.4. The zero-order valence-electron chi connectivity index (χ0n) is 8.82. The molecule has 0 heterocycles. The Morgan fingerprint density at radius 2 is 2.06 bits per heavy atom. The van der Waals surface area contributed by atoms with Gasteiger partial charge in [-0.1, -0.05) is 12.2 Å². The normalized spacial score (nSPS) is 15.2. The Balaban J connectivity index is 2.30. The number of hydrogen-bond acceptors (Lipinski definition) is 3. The minimum Gasteiger partial charge on any atom is -0.376 e. The number of nitrogens with one attached hydrogen (secondary N) is 1. The predicted molar refractivity (Wildman–Crippen MR) is 71.6 cm³/mol. The second-order valence-corrected chi connectivity index (χ2v) is 4.99. The van der Waals surface area contributed by atoms with Gasteiger partial charge in [0, 0.05) is 18.2 Å². The monoisotopic (exact) mass is 348 g/mol. The third-order valence-electron chi connectivity index (χ3n) is 2.60. The van der Waals surface area contributed by atoms with Crippen LogP contribution in [0.5, 0.6) is 0 Å². The molecule has 0 unspecified atom stereocenters. The van der Waals surface area contributed by atoms with E-state index in [4.69, 9.17) is 0 Å². The molecule has 1 aromatic carbocycles. The van der Waals surface area contributed by atoms with E-state index < -0.39 is 10.7 Å². The van der Waals surface area contributed by atoms with Crippen LogP contribution in [0, 0.1) is 19.5 Å². The third kappa shape index (κ3) is 2.74. The summed E-state index contributed by atoms with van der Waals surface area (Å²) in [6.45, 7) is 0. The van der Waals surface area contributed by atoms with E-state index in [1.54, 1.807) is 22.6 Å². The molecule has 0 saturated carbocycles. The van der Waals surface area contributed by atoms with Gasteiger partial charge in [-0.15, -0.1) is 0 Å². The number of nitro groups is 1. The van der Waals surface area contributed by atoms with E-state index in [0.717, 1.165) is 12.8 Å². The number of nitro benzene ring substituents is 1. The summed E-state index contributed by atoms with van der Waals surface area (Å²) in [5.41, 5.74) is 0.171. The van der Waals surface area contributed by atoms with Crippen molar-refractivity contribution in [1.29, 1.82) is 0 Å². The number of benzene rings is 1. The molecule has 0 bridgehead atoms. The molecule has 0 amide bonds. The molecule has 2 rings (SSSR count). The van der Waals surface area contributed by atoms with Crippen LogP contribution in [-0.2, 0) is 0 Å². The minimum atomic E-state index is -0.494. The summed E-state index contributed by atoms with van der Waals surface area (Å²) >= 11 is 1.75. The van der Waals surface area contributed by atoms with Crippen molar-refractivity contribution in [3.8, 4) is 0 Å². The molecule has 0 aromatic heterocycles. The highest BCUT2D eigenvalue weighted by molar-refractivity contribution is 14.1. The highest BCUT2D eigenvalue weighted by Gasteiger charge is 2.20. The van der Waals surface area contributed by atoms with Crippen LogP contribution in [-0.4, -0.2) is 11.0 Å². The summed E-state index contributed by atoms with van der Waals surface area (Å²) in [6, 6.07) is 2.56. The highest BCUT2D eigenvalue weighted by atomic mass is 127. The first-order chi connectivity index (χ1) is 8.08. The Bertz CT molecular complexity index is 483. The molecular weight excluding hydrogens is 338 g/mol. The fourth-order valence-electron chi connectivity index (χ4n) is 1.76. The van der Waals surface area contributed by atoms with Crippen molar-refractivity contribution in [3.63, 3.8) is 0 Å². The third-order valence-corrected chi connectivity index (χ3v) is 3.43. The Hall–Kier alpha value is -1.18. The number of anilines is 1. The molecule has 0 aliphatic heterocycles. The molecule has 1 N–H and O–H groups in total. The molecule has 1 aliphatic carbocycles. The van der Waals surface area contributed by atoms with Gasteiger partial charge in [-0.05, 0) is 35.4 Å². The zero-order chi connectivity index (χ0) is 12.4. The number of hydrogen-bond donors (Lipinski definition) is 1. The molecule has 0 saturated heterocycles. The van der Waals surface area contributed by atoms with Crippen molar-refractivity contribution < 1.29 is 9.31 Å². The van der Waals surface area contributed by atoms with Gasteiger partial charge in [0.15, 0.2) is 0 Å². The average molecular weight is 348 g/mol. The maximum Gasteiger partial charge on any atom is 0.293 e. The van der Waals surface area contributed by atoms with Crippen molar-refractivity contribution in [2.75, 3.05) is 5.32 Å². The van der Waals surface area contributed by atoms with Crippen molar-refractivity contribution in [2.45, 2.75) is 18.9 Å². The van der Waals surface area contributed by atoms with Gasteiger partial charge >= 0.3 is 0 Å². The molecule has 0 fully saturated rings. The molecule has 90 valence electrons. The molecule has 0 spiro atoms. The standard InChI is InChI=1S/C11H10FIN2O2/c12-8-5-10(14-7-3-1-2-4-7)11(15(16)17)6-9(8)13/h1-2,5-7,14H,3-4H2. The molecule has 1 aromatic rings. The summed E-state index contributed by atoms with van der Waals surface area (Å²) in [5, 5.41) is 13.9. The lowest BCUT2D eigenvalue weighted by Crippen LogP contribution is -2.16. The minimum absolute atomic E-state index is 0.0808. The lowest BCUT2D eigenvalue weighted by Gasteiger charge is -2.14. The lowest BCUT2D eigenvalue weighted by atomic mass is 10.2. The molecule has 6 heteroatoms. The average Bonchev–Trinajstić information content (AvgIpc) is 2.75. The SMILES string of the molecule is O=[N+]([O-])c1cc(I)c(F)cc1NC1CC=CC1. The van der Waals surface area contributed by atoms with E-state index in [-0.39, 0.29) is 21.0 Å². The topological polar surface area (TPSA) is 55.2 Å². The van der Waals surface area contributed by atoms with Gasteiger partial charge in [-0.2, -0.15) is 0 Å². The molecule has 0 atom stereocenters. The van der Waals surface area contributed by atoms with Gasteiger partial charge in [-0.25, -0.2) is 4.39 Å². The van der Waals surface area contributed by atoms with Crippen LogP contribution in [0.3, 0.4) is 0 Å². The van der Waals surface area contributed by atoms with E-state index in [0.29, 0.717) is 0 Å². The predicted octanol–water partition coefficient (Wildman–Crippen LogP) is 3.47. The molecule has 17 heavy (non-hydrogen) atoms. The zero-order valence-corrected chi connectivity index (χ0v) is 11.0. The largest absolute Gasteiger partial charge is 0.376 e. The van der Waals surface area contributed by atoms with Crippen LogP contribution in [0.2, 0.25) is 0 Å². The number of nitrogens with zero attached hydrogens (tertiary/aromatic N) is 1. The second kappa shape index (κ2) is 4.99. The number of halogens is 2. The Labute approximate surface area is 111 Å². The van der Waals surface area contributed by atoms with E-state index >= 15 is 0 Å². The summed E-state index contributed by atoms with van der Waals surface area (Å²) in [6.07, 6.45) is 5.63. The first kappa shape index (κ1) is 12.3. The van der Waals surface area contributed by atoms with E-state index in [2.05, 4.69) is 5.32 Å². The Morgan fingerprint density at radius 3 is 2.65 bits per heavy atom. The maximum absolute atomic E-state index is 13.4. The first-order valence-corrected chi connectivity index (χ1v) is 6.21. The van der Waals surface area contributed by atoms with Crippen molar-refractivity contribution >= 4 is 34.0 Å². The fourth-order valence-corrected chi connectivity index (χ4v) is 2.21. The molecule has 4 nitrogen and oxygen atoms in total. The summed E-state index contributed by atoms with van der Waals surface area (Å²) in [7, 11) is 0.